The van der Waals surface area contributed by atoms with Gasteiger partial charge in [0.1, 0.15) is 6.54 Å². The smallest absolute Gasteiger partial charge is 0.343 e. The fourth-order valence-electron chi connectivity index (χ4n) is 1.66. The monoisotopic (exact) mass is 353 g/mol. The summed E-state index contributed by atoms with van der Waals surface area (Å²) < 4.78 is 36.0. The zero-order valence-electron chi connectivity index (χ0n) is 12.4. The zero-order valence-corrected chi connectivity index (χ0v) is 13.3. The Balaban J connectivity index is 0.00000484. The molecule has 1 unspecified atom stereocenters. The lowest BCUT2D eigenvalue weighted by Gasteiger charge is -2.12. The lowest BCUT2D eigenvalue weighted by molar-refractivity contribution is -0.123. The van der Waals surface area contributed by atoms with Crippen molar-refractivity contribution in [2.24, 2.45) is 5.73 Å². The van der Waals surface area contributed by atoms with Gasteiger partial charge in [-0.1, -0.05) is 13.3 Å². The van der Waals surface area contributed by atoms with E-state index in [9.17, 15) is 22.8 Å². The van der Waals surface area contributed by atoms with Crippen molar-refractivity contribution in [2.75, 3.05) is 11.9 Å². The van der Waals surface area contributed by atoms with E-state index in [1.807, 2.05) is 6.92 Å². The van der Waals surface area contributed by atoms with E-state index in [0.29, 0.717) is 12.1 Å². The molecule has 0 saturated heterocycles. The minimum absolute atomic E-state index is 0. The van der Waals surface area contributed by atoms with Crippen LogP contribution >= 0.6 is 12.4 Å². The molecule has 2 amide bonds. The first kappa shape index (κ1) is 21.2. The average molecular weight is 354 g/mol. The maximum absolute atomic E-state index is 12.0. The zero-order chi connectivity index (χ0) is 16.8. The number of nitrogens with two attached hydrogens (primary N) is 1. The van der Waals surface area contributed by atoms with Crippen LogP contribution in [0, 0.1) is 0 Å². The Morgan fingerprint density at radius 3 is 2.26 bits per heavy atom. The highest BCUT2D eigenvalue weighted by Crippen LogP contribution is 2.14. The third-order valence-electron chi connectivity index (χ3n) is 2.80. The van der Waals surface area contributed by atoms with E-state index in [2.05, 4.69) is 5.32 Å². The first-order chi connectivity index (χ1) is 10.2. The van der Waals surface area contributed by atoms with Crippen molar-refractivity contribution in [1.29, 1.82) is 0 Å². The van der Waals surface area contributed by atoms with Crippen LogP contribution in [0.1, 0.15) is 30.1 Å². The van der Waals surface area contributed by atoms with Crippen LogP contribution in [0.25, 0.3) is 0 Å². The summed E-state index contributed by atoms with van der Waals surface area (Å²) in [6.45, 7) is 0.512. The Morgan fingerprint density at radius 1 is 1.22 bits per heavy atom. The molecular weight excluding hydrogens is 335 g/mol. The van der Waals surface area contributed by atoms with Gasteiger partial charge in [-0.2, -0.15) is 13.2 Å². The Bertz CT molecular complexity index is 521. The molecule has 1 aromatic rings. The van der Waals surface area contributed by atoms with Gasteiger partial charge in [-0.15, -0.1) is 12.4 Å². The number of alkyl halides is 3. The molecule has 0 aliphatic heterocycles. The molecule has 0 bridgehead atoms. The molecule has 0 fully saturated rings. The van der Waals surface area contributed by atoms with Crippen molar-refractivity contribution in [2.45, 2.75) is 32.0 Å². The summed E-state index contributed by atoms with van der Waals surface area (Å²) in [5.74, 6) is -1.19. The Labute approximate surface area is 138 Å². The van der Waals surface area contributed by atoms with Gasteiger partial charge in [0.15, 0.2) is 0 Å². The molecule has 0 spiro atoms. The largest absolute Gasteiger partial charge is 0.405 e. The third-order valence-corrected chi connectivity index (χ3v) is 2.80. The first-order valence-electron chi connectivity index (χ1n) is 6.74. The number of halogens is 4. The lowest BCUT2D eigenvalue weighted by Crippen LogP contribution is -2.35. The summed E-state index contributed by atoms with van der Waals surface area (Å²) in [5.41, 5.74) is 6.14. The number of amides is 2. The first-order valence-corrected chi connectivity index (χ1v) is 6.74. The highest BCUT2D eigenvalue weighted by Gasteiger charge is 2.27. The molecule has 5 nitrogen and oxygen atoms in total. The van der Waals surface area contributed by atoms with Crippen LogP contribution in [-0.2, 0) is 4.79 Å². The highest BCUT2D eigenvalue weighted by molar-refractivity contribution is 5.97. The minimum atomic E-state index is -4.46. The number of hydrogen-bond donors (Lipinski definition) is 3. The van der Waals surface area contributed by atoms with Crippen LogP contribution in [0.3, 0.4) is 0 Å². The SMILES string of the molecule is CCCC(N)C(=O)Nc1ccc(C(=O)NCC(F)(F)F)cc1.Cl. The molecule has 0 heterocycles. The number of anilines is 1. The predicted octanol–water partition coefficient (Wildman–Crippen LogP) is 2.47. The van der Waals surface area contributed by atoms with Crippen molar-refractivity contribution in [3.05, 3.63) is 29.8 Å². The molecule has 1 rings (SSSR count). The third kappa shape index (κ3) is 7.85. The summed E-state index contributed by atoms with van der Waals surface area (Å²) >= 11 is 0. The molecule has 4 N–H and O–H groups in total. The van der Waals surface area contributed by atoms with Crippen molar-refractivity contribution >= 4 is 29.9 Å². The van der Waals surface area contributed by atoms with Gasteiger partial charge < -0.3 is 16.4 Å². The maximum atomic E-state index is 12.0. The molecule has 9 heteroatoms. The Kier molecular flexibility index (Phi) is 8.63. The maximum Gasteiger partial charge on any atom is 0.405 e. The second-order valence-corrected chi connectivity index (χ2v) is 4.76. The molecule has 1 aromatic carbocycles. The fraction of sp³-hybridized carbons (Fsp3) is 0.429. The van der Waals surface area contributed by atoms with Gasteiger partial charge in [-0.3, -0.25) is 9.59 Å². The van der Waals surface area contributed by atoms with Gasteiger partial charge in [0.2, 0.25) is 5.91 Å². The van der Waals surface area contributed by atoms with E-state index in [0.717, 1.165) is 6.42 Å². The van der Waals surface area contributed by atoms with Gasteiger partial charge in [0.25, 0.3) is 5.91 Å². The Morgan fingerprint density at radius 2 is 1.78 bits per heavy atom. The van der Waals surface area contributed by atoms with Crippen LogP contribution in [-0.4, -0.2) is 30.6 Å². The second kappa shape index (κ2) is 9.36. The van der Waals surface area contributed by atoms with Crippen molar-refractivity contribution in [3.8, 4) is 0 Å². The molecule has 1 atom stereocenters. The molecule has 23 heavy (non-hydrogen) atoms. The number of hydrogen-bond acceptors (Lipinski definition) is 3. The Hall–Kier alpha value is -1.80. The van der Waals surface area contributed by atoms with Crippen molar-refractivity contribution in [3.63, 3.8) is 0 Å². The van der Waals surface area contributed by atoms with Crippen LogP contribution in [0.5, 0.6) is 0 Å². The normalized spacial score (nSPS) is 12.0. The molecule has 0 aliphatic rings. The van der Waals surface area contributed by atoms with Crippen molar-refractivity contribution < 1.29 is 22.8 Å². The quantitative estimate of drug-likeness (QED) is 0.734. The number of carbonyl (C=O) groups is 2. The summed E-state index contributed by atoms with van der Waals surface area (Å²) in [5, 5.41) is 4.34. The van der Waals surface area contributed by atoms with E-state index in [1.165, 1.54) is 24.3 Å². The van der Waals surface area contributed by atoms with Crippen LogP contribution in [0.15, 0.2) is 24.3 Å². The standard InChI is InChI=1S/C14H18F3N3O2.ClH/c1-2-3-11(18)13(22)20-10-6-4-9(5-7-10)12(21)19-8-14(15,16)17;/h4-7,11H,2-3,8,18H2,1H3,(H,19,21)(H,20,22);1H. The van der Waals surface area contributed by atoms with E-state index in [-0.39, 0.29) is 23.9 Å². The van der Waals surface area contributed by atoms with Crippen LogP contribution in [0.2, 0.25) is 0 Å². The summed E-state index contributed by atoms with van der Waals surface area (Å²) in [4.78, 5) is 23.2. The molecule has 0 aromatic heterocycles. The summed E-state index contributed by atoms with van der Waals surface area (Å²) in [6.07, 6.45) is -3.14. The molecule has 130 valence electrons. The molecule has 0 saturated carbocycles. The van der Waals surface area contributed by atoms with Gasteiger partial charge in [0, 0.05) is 11.3 Å². The highest BCUT2D eigenvalue weighted by atomic mass is 35.5. The number of nitrogens with one attached hydrogen (secondary N) is 2. The number of carbonyl (C=O) groups excluding carboxylic acids is 2. The van der Waals surface area contributed by atoms with Crippen LogP contribution in [0.4, 0.5) is 18.9 Å². The second-order valence-electron chi connectivity index (χ2n) is 4.76. The topological polar surface area (TPSA) is 84.2 Å². The van der Waals surface area contributed by atoms with Gasteiger partial charge in [0.05, 0.1) is 6.04 Å². The molecule has 0 aliphatic carbocycles. The molecule has 0 radical (unpaired) electrons. The van der Waals surface area contributed by atoms with Gasteiger partial charge in [-0.05, 0) is 30.7 Å². The van der Waals surface area contributed by atoms with E-state index in [1.54, 1.807) is 5.32 Å². The van der Waals surface area contributed by atoms with Gasteiger partial charge >= 0.3 is 6.18 Å². The minimum Gasteiger partial charge on any atom is -0.343 e. The van der Waals surface area contributed by atoms with E-state index in [4.69, 9.17) is 5.73 Å². The summed E-state index contributed by atoms with van der Waals surface area (Å²) in [6, 6.07) is 4.89. The summed E-state index contributed by atoms with van der Waals surface area (Å²) in [7, 11) is 0. The number of benzene rings is 1. The fourth-order valence-corrected chi connectivity index (χ4v) is 1.66. The van der Waals surface area contributed by atoms with E-state index < -0.39 is 24.7 Å². The van der Waals surface area contributed by atoms with Crippen LogP contribution < -0.4 is 16.4 Å². The lowest BCUT2D eigenvalue weighted by atomic mass is 10.1. The average Bonchev–Trinajstić information content (AvgIpc) is 2.45. The number of rotatable bonds is 6. The van der Waals surface area contributed by atoms with E-state index >= 15 is 0 Å². The van der Waals surface area contributed by atoms with Gasteiger partial charge in [-0.25, -0.2) is 0 Å². The predicted molar refractivity (Wildman–Crippen MR) is 83.6 cm³/mol. The molecular formula is C14H19ClF3N3O2. The van der Waals surface area contributed by atoms with Crippen molar-refractivity contribution in [1.82, 2.24) is 5.32 Å².